The SMILES string of the molecule is Cc1ccc(C2NC(C)C(=O)N2C2CCOC2C)cc1. The Morgan fingerprint density at radius 2 is 1.95 bits per heavy atom. The monoisotopic (exact) mass is 274 g/mol. The second kappa shape index (κ2) is 5.19. The van der Waals surface area contributed by atoms with Gasteiger partial charge in [-0.3, -0.25) is 10.1 Å². The summed E-state index contributed by atoms with van der Waals surface area (Å²) in [5.74, 6) is 0.179. The molecule has 4 unspecified atom stereocenters. The van der Waals surface area contributed by atoms with Crippen molar-refractivity contribution in [3.8, 4) is 0 Å². The molecule has 1 aromatic carbocycles. The van der Waals surface area contributed by atoms with Gasteiger partial charge in [-0.2, -0.15) is 0 Å². The van der Waals surface area contributed by atoms with E-state index in [0.29, 0.717) is 0 Å². The Morgan fingerprint density at radius 3 is 2.55 bits per heavy atom. The fourth-order valence-corrected chi connectivity index (χ4v) is 3.19. The molecule has 2 aliphatic rings. The molecule has 2 heterocycles. The average Bonchev–Trinajstić information content (AvgIpc) is 2.96. The molecule has 2 fully saturated rings. The van der Waals surface area contributed by atoms with Crippen molar-refractivity contribution < 1.29 is 9.53 Å². The first-order valence-electron chi connectivity index (χ1n) is 7.34. The Morgan fingerprint density at radius 1 is 1.25 bits per heavy atom. The van der Waals surface area contributed by atoms with Crippen LogP contribution < -0.4 is 5.32 Å². The lowest BCUT2D eigenvalue weighted by Crippen LogP contribution is -2.43. The number of rotatable bonds is 2. The van der Waals surface area contributed by atoms with Gasteiger partial charge in [-0.05, 0) is 32.8 Å². The second-order valence-electron chi connectivity index (χ2n) is 5.88. The largest absolute Gasteiger partial charge is 0.376 e. The smallest absolute Gasteiger partial charge is 0.241 e. The molecule has 2 saturated heterocycles. The van der Waals surface area contributed by atoms with Gasteiger partial charge in [0.25, 0.3) is 0 Å². The van der Waals surface area contributed by atoms with Crippen LogP contribution in [0.25, 0.3) is 0 Å². The highest BCUT2D eigenvalue weighted by atomic mass is 16.5. The van der Waals surface area contributed by atoms with Gasteiger partial charge in [-0.25, -0.2) is 0 Å². The molecule has 0 spiro atoms. The molecule has 2 aliphatic heterocycles. The maximum atomic E-state index is 12.5. The van der Waals surface area contributed by atoms with Crippen LogP contribution >= 0.6 is 0 Å². The van der Waals surface area contributed by atoms with Crippen LogP contribution in [0.3, 0.4) is 0 Å². The van der Waals surface area contributed by atoms with E-state index in [2.05, 4.69) is 43.4 Å². The summed E-state index contributed by atoms with van der Waals surface area (Å²) >= 11 is 0. The number of amides is 1. The van der Waals surface area contributed by atoms with Crippen LogP contribution in [0.4, 0.5) is 0 Å². The number of carbonyl (C=O) groups is 1. The molecule has 4 atom stereocenters. The summed E-state index contributed by atoms with van der Waals surface area (Å²) in [5, 5.41) is 3.41. The molecule has 0 bridgehead atoms. The van der Waals surface area contributed by atoms with Crippen LogP contribution in [0.1, 0.15) is 37.6 Å². The highest BCUT2D eigenvalue weighted by Gasteiger charge is 2.44. The number of ether oxygens (including phenoxy) is 1. The highest BCUT2D eigenvalue weighted by molar-refractivity contribution is 5.84. The van der Waals surface area contributed by atoms with E-state index in [-0.39, 0.29) is 30.3 Å². The van der Waals surface area contributed by atoms with Crippen LogP contribution in [-0.2, 0) is 9.53 Å². The van der Waals surface area contributed by atoms with E-state index in [1.54, 1.807) is 0 Å². The van der Waals surface area contributed by atoms with Gasteiger partial charge in [0, 0.05) is 6.61 Å². The zero-order valence-electron chi connectivity index (χ0n) is 12.3. The summed E-state index contributed by atoms with van der Waals surface area (Å²) in [4.78, 5) is 14.5. The first-order valence-corrected chi connectivity index (χ1v) is 7.34. The summed E-state index contributed by atoms with van der Waals surface area (Å²) in [5.41, 5.74) is 2.38. The minimum absolute atomic E-state index is 0.0350. The van der Waals surface area contributed by atoms with Gasteiger partial charge < -0.3 is 9.64 Å². The molecule has 20 heavy (non-hydrogen) atoms. The highest BCUT2D eigenvalue weighted by Crippen LogP contribution is 2.32. The van der Waals surface area contributed by atoms with Gasteiger partial charge in [0.15, 0.2) is 0 Å². The Labute approximate surface area is 120 Å². The number of benzene rings is 1. The Bertz CT molecular complexity index is 500. The lowest BCUT2D eigenvalue weighted by atomic mass is 10.1. The molecule has 1 aromatic rings. The Hall–Kier alpha value is -1.39. The Balaban J connectivity index is 1.91. The van der Waals surface area contributed by atoms with Gasteiger partial charge in [0.05, 0.1) is 18.2 Å². The van der Waals surface area contributed by atoms with Gasteiger partial charge in [-0.1, -0.05) is 29.8 Å². The van der Waals surface area contributed by atoms with E-state index in [1.807, 2.05) is 11.8 Å². The third-order valence-corrected chi connectivity index (χ3v) is 4.40. The van der Waals surface area contributed by atoms with E-state index in [4.69, 9.17) is 4.74 Å². The maximum Gasteiger partial charge on any atom is 0.241 e. The molecule has 0 radical (unpaired) electrons. The molecule has 0 saturated carbocycles. The summed E-state index contributed by atoms with van der Waals surface area (Å²) in [6, 6.07) is 8.44. The molecule has 0 aliphatic carbocycles. The van der Waals surface area contributed by atoms with E-state index in [9.17, 15) is 4.79 Å². The number of nitrogens with zero attached hydrogens (tertiary/aromatic N) is 1. The quantitative estimate of drug-likeness (QED) is 0.896. The first kappa shape index (κ1) is 13.6. The number of aryl methyl sites for hydroxylation is 1. The molecule has 3 rings (SSSR count). The maximum absolute atomic E-state index is 12.5. The standard InChI is InChI=1S/C16H22N2O2/c1-10-4-6-13(7-5-10)15-17-11(2)16(19)18(15)14-8-9-20-12(14)3/h4-7,11-12,14-15,17H,8-9H2,1-3H3. The Kier molecular flexibility index (Phi) is 3.52. The predicted molar refractivity (Wildman–Crippen MR) is 77.2 cm³/mol. The molecule has 4 nitrogen and oxygen atoms in total. The minimum Gasteiger partial charge on any atom is -0.376 e. The molecule has 108 valence electrons. The molecular weight excluding hydrogens is 252 g/mol. The van der Waals surface area contributed by atoms with Crippen molar-refractivity contribution in [3.63, 3.8) is 0 Å². The van der Waals surface area contributed by atoms with Crippen LogP contribution in [0, 0.1) is 6.92 Å². The predicted octanol–water partition coefficient (Wildman–Crippen LogP) is 1.99. The number of hydrogen-bond donors (Lipinski definition) is 1. The van der Waals surface area contributed by atoms with Crippen molar-refractivity contribution in [3.05, 3.63) is 35.4 Å². The molecule has 4 heteroatoms. The normalized spacial score (nSPS) is 34.0. The first-order chi connectivity index (χ1) is 9.58. The number of nitrogens with one attached hydrogen (secondary N) is 1. The van der Waals surface area contributed by atoms with E-state index in [0.717, 1.165) is 18.6 Å². The number of carbonyl (C=O) groups excluding carboxylic acids is 1. The van der Waals surface area contributed by atoms with E-state index in [1.165, 1.54) is 5.56 Å². The average molecular weight is 274 g/mol. The van der Waals surface area contributed by atoms with Crippen molar-refractivity contribution in [2.75, 3.05) is 6.61 Å². The van der Waals surface area contributed by atoms with Gasteiger partial charge in [0.2, 0.25) is 5.91 Å². The summed E-state index contributed by atoms with van der Waals surface area (Å²) in [7, 11) is 0. The second-order valence-corrected chi connectivity index (χ2v) is 5.88. The number of hydrogen-bond acceptors (Lipinski definition) is 3. The third-order valence-electron chi connectivity index (χ3n) is 4.40. The molecular formula is C16H22N2O2. The topological polar surface area (TPSA) is 41.6 Å². The van der Waals surface area contributed by atoms with Crippen molar-refractivity contribution in [2.24, 2.45) is 0 Å². The van der Waals surface area contributed by atoms with E-state index >= 15 is 0 Å². The van der Waals surface area contributed by atoms with E-state index < -0.39 is 0 Å². The van der Waals surface area contributed by atoms with Crippen LogP contribution in [0.2, 0.25) is 0 Å². The zero-order valence-corrected chi connectivity index (χ0v) is 12.3. The summed E-state index contributed by atoms with van der Waals surface area (Å²) in [6.07, 6.45) is 0.996. The summed E-state index contributed by atoms with van der Waals surface area (Å²) < 4.78 is 5.64. The van der Waals surface area contributed by atoms with Gasteiger partial charge in [-0.15, -0.1) is 0 Å². The third kappa shape index (κ3) is 2.23. The zero-order chi connectivity index (χ0) is 14.3. The van der Waals surface area contributed by atoms with Gasteiger partial charge >= 0.3 is 0 Å². The fraction of sp³-hybridized carbons (Fsp3) is 0.562. The lowest BCUT2D eigenvalue weighted by Gasteiger charge is -2.32. The van der Waals surface area contributed by atoms with Crippen LogP contribution in [0.5, 0.6) is 0 Å². The van der Waals surface area contributed by atoms with Crippen molar-refractivity contribution in [1.29, 1.82) is 0 Å². The molecule has 1 N–H and O–H groups in total. The fourth-order valence-electron chi connectivity index (χ4n) is 3.19. The van der Waals surface area contributed by atoms with Crippen molar-refractivity contribution >= 4 is 5.91 Å². The van der Waals surface area contributed by atoms with Crippen molar-refractivity contribution in [1.82, 2.24) is 10.2 Å². The van der Waals surface area contributed by atoms with Crippen LogP contribution in [-0.4, -0.2) is 35.6 Å². The van der Waals surface area contributed by atoms with Crippen molar-refractivity contribution in [2.45, 2.75) is 51.5 Å². The molecule has 1 amide bonds. The van der Waals surface area contributed by atoms with Gasteiger partial charge in [0.1, 0.15) is 6.17 Å². The molecule has 0 aromatic heterocycles. The lowest BCUT2D eigenvalue weighted by molar-refractivity contribution is -0.133. The van der Waals surface area contributed by atoms with Crippen LogP contribution in [0.15, 0.2) is 24.3 Å². The summed E-state index contributed by atoms with van der Waals surface area (Å²) in [6.45, 7) is 6.80. The minimum atomic E-state index is -0.130.